The number of aromatic amines is 1. The molecule has 8 nitrogen and oxygen atoms in total. The van der Waals surface area contributed by atoms with Crippen LogP contribution in [0.15, 0.2) is 53.3 Å². The van der Waals surface area contributed by atoms with Crippen LogP contribution < -0.4 is 10.9 Å². The second kappa shape index (κ2) is 6.40. The van der Waals surface area contributed by atoms with Gasteiger partial charge in [0, 0.05) is 11.4 Å². The minimum Gasteiger partial charge on any atom is -0.346 e. The molecule has 2 N–H and O–H groups in total. The van der Waals surface area contributed by atoms with E-state index in [0.717, 1.165) is 11.0 Å². The number of rotatable bonds is 4. The number of carbonyl (C=O) groups excluding carboxylic acids is 1. The lowest BCUT2D eigenvalue weighted by Gasteiger charge is -2.14. The first-order valence-electron chi connectivity index (χ1n) is 8.20. The van der Waals surface area contributed by atoms with Gasteiger partial charge in [0.2, 0.25) is 0 Å². The molecule has 0 saturated carbocycles. The number of aromatic nitrogens is 5. The van der Waals surface area contributed by atoms with E-state index in [9.17, 15) is 9.59 Å². The van der Waals surface area contributed by atoms with Gasteiger partial charge in [-0.15, -0.1) is 5.10 Å². The van der Waals surface area contributed by atoms with Crippen LogP contribution in [0.5, 0.6) is 0 Å². The number of carbonyl (C=O) groups is 1. The Hall–Kier alpha value is -3.55. The van der Waals surface area contributed by atoms with Crippen LogP contribution in [0.2, 0.25) is 0 Å². The molecule has 130 valence electrons. The highest BCUT2D eigenvalue weighted by Crippen LogP contribution is 2.13. The van der Waals surface area contributed by atoms with E-state index in [0.29, 0.717) is 17.3 Å². The summed E-state index contributed by atoms with van der Waals surface area (Å²) in [6.07, 6.45) is 0. The Labute approximate surface area is 147 Å². The Bertz CT molecular complexity index is 1160. The predicted octanol–water partition coefficient (Wildman–Crippen LogP) is 1.49. The SMILES string of the molecule is C[C@H](Cn1nnc2ccccc21)NC(=O)c1n[nH]c(=O)c2ccccc12. The van der Waals surface area contributed by atoms with E-state index in [2.05, 4.69) is 25.8 Å². The minimum atomic E-state index is -0.352. The van der Waals surface area contributed by atoms with Gasteiger partial charge in [-0.3, -0.25) is 9.59 Å². The molecule has 2 aromatic carbocycles. The third-order valence-corrected chi connectivity index (χ3v) is 4.16. The molecule has 0 aliphatic rings. The summed E-state index contributed by atoms with van der Waals surface area (Å²) in [5.41, 5.74) is 1.58. The molecule has 4 aromatic rings. The van der Waals surface area contributed by atoms with Crippen molar-refractivity contribution in [2.75, 3.05) is 0 Å². The molecule has 8 heteroatoms. The largest absolute Gasteiger partial charge is 0.346 e. The van der Waals surface area contributed by atoms with Gasteiger partial charge in [-0.05, 0) is 25.1 Å². The van der Waals surface area contributed by atoms with Gasteiger partial charge in [-0.1, -0.05) is 35.5 Å². The second-order valence-electron chi connectivity index (χ2n) is 6.08. The molecular weight excluding hydrogens is 332 g/mol. The van der Waals surface area contributed by atoms with Gasteiger partial charge in [0.05, 0.1) is 17.4 Å². The third kappa shape index (κ3) is 2.81. The lowest BCUT2D eigenvalue weighted by atomic mass is 10.1. The predicted molar refractivity (Wildman–Crippen MR) is 96.8 cm³/mol. The number of hydrogen-bond acceptors (Lipinski definition) is 5. The number of H-pyrrole nitrogens is 1. The number of amides is 1. The van der Waals surface area contributed by atoms with Gasteiger partial charge < -0.3 is 5.32 Å². The number of nitrogens with one attached hydrogen (secondary N) is 2. The first kappa shape index (κ1) is 15.9. The summed E-state index contributed by atoms with van der Waals surface area (Å²) in [5, 5.41) is 18.4. The van der Waals surface area contributed by atoms with E-state index in [1.165, 1.54) is 0 Å². The van der Waals surface area contributed by atoms with Crippen LogP contribution in [0.25, 0.3) is 21.8 Å². The zero-order valence-corrected chi connectivity index (χ0v) is 14.0. The van der Waals surface area contributed by atoms with Crippen LogP contribution in [-0.2, 0) is 6.54 Å². The smallest absolute Gasteiger partial charge is 0.272 e. The van der Waals surface area contributed by atoms with Crippen molar-refractivity contribution in [3.05, 3.63) is 64.6 Å². The van der Waals surface area contributed by atoms with Crippen LogP contribution >= 0.6 is 0 Å². The lowest BCUT2D eigenvalue weighted by molar-refractivity contribution is 0.0932. The number of benzene rings is 2. The molecule has 0 bridgehead atoms. The topological polar surface area (TPSA) is 106 Å². The fourth-order valence-corrected chi connectivity index (χ4v) is 2.94. The van der Waals surface area contributed by atoms with Crippen LogP contribution in [0.1, 0.15) is 17.4 Å². The Morgan fingerprint density at radius 3 is 2.73 bits per heavy atom. The van der Waals surface area contributed by atoms with Crippen molar-refractivity contribution in [3.63, 3.8) is 0 Å². The van der Waals surface area contributed by atoms with Crippen LogP contribution in [0.4, 0.5) is 0 Å². The molecule has 26 heavy (non-hydrogen) atoms. The molecule has 0 aliphatic carbocycles. The van der Waals surface area contributed by atoms with E-state index in [-0.39, 0.29) is 23.2 Å². The van der Waals surface area contributed by atoms with E-state index < -0.39 is 0 Å². The fraction of sp³-hybridized carbons (Fsp3) is 0.167. The quantitative estimate of drug-likeness (QED) is 0.581. The summed E-state index contributed by atoms with van der Waals surface area (Å²) in [4.78, 5) is 24.5. The Morgan fingerprint density at radius 2 is 1.88 bits per heavy atom. The highest BCUT2D eigenvalue weighted by molar-refractivity contribution is 6.04. The monoisotopic (exact) mass is 348 g/mol. The zero-order chi connectivity index (χ0) is 18.1. The highest BCUT2D eigenvalue weighted by atomic mass is 16.2. The van der Waals surface area contributed by atoms with Gasteiger partial charge in [0.15, 0.2) is 5.69 Å². The molecule has 4 rings (SSSR count). The van der Waals surface area contributed by atoms with Crippen LogP contribution in [0.3, 0.4) is 0 Å². The van der Waals surface area contributed by atoms with E-state index in [1.54, 1.807) is 28.9 Å². The minimum absolute atomic E-state index is 0.190. The Balaban J connectivity index is 1.57. The molecule has 0 spiro atoms. The van der Waals surface area contributed by atoms with Gasteiger partial charge in [-0.25, -0.2) is 9.78 Å². The molecular formula is C18H16N6O2. The van der Waals surface area contributed by atoms with Crippen molar-refractivity contribution < 1.29 is 4.79 Å². The molecule has 0 radical (unpaired) electrons. The van der Waals surface area contributed by atoms with Gasteiger partial charge >= 0.3 is 0 Å². The first-order chi connectivity index (χ1) is 12.6. The molecule has 2 aromatic heterocycles. The van der Waals surface area contributed by atoms with E-state index in [1.807, 2.05) is 31.2 Å². The lowest BCUT2D eigenvalue weighted by Crippen LogP contribution is -2.37. The molecule has 1 amide bonds. The maximum Gasteiger partial charge on any atom is 0.272 e. The Morgan fingerprint density at radius 1 is 1.15 bits per heavy atom. The van der Waals surface area contributed by atoms with Gasteiger partial charge in [-0.2, -0.15) is 5.10 Å². The number of hydrogen-bond donors (Lipinski definition) is 2. The summed E-state index contributed by atoms with van der Waals surface area (Å²) in [5.74, 6) is -0.352. The number of fused-ring (bicyclic) bond motifs is 2. The standard InChI is InChI=1S/C18H16N6O2/c1-11(10-24-15-9-5-4-8-14(15)20-23-24)19-18(26)16-12-6-2-3-7-13(12)17(25)22-21-16/h2-9,11H,10H2,1H3,(H,19,26)(H,22,25)/t11-/m1/s1. The Kier molecular flexibility index (Phi) is 3.92. The molecule has 0 fully saturated rings. The average Bonchev–Trinajstić information content (AvgIpc) is 3.05. The molecule has 1 atom stereocenters. The van der Waals surface area contributed by atoms with Crippen molar-refractivity contribution in [1.29, 1.82) is 0 Å². The highest BCUT2D eigenvalue weighted by Gasteiger charge is 2.17. The summed E-state index contributed by atoms with van der Waals surface area (Å²) in [7, 11) is 0. The molecule has 0 unspecified atom stereocenters. The van der Waals surface area contributed by atoms with E-state index >= 15 is 0 Å². The van der Waals surface area contributed by atoms with Gasteiger partial charge in [0.25, 0.3) is 11.5 Å². The normalized spacial score (nSPS) is 12.3. The summed E-state index contributed by atoms with van der Waals surface area (Å²) in [6.45, 7) is 2.34. The van der Waals surface area contributed by atoms with Gasteiger partial charge in [0.1, 0.15) is 5.52 Å². The maximum absolute atomic E-state index is 12.6. The van der Waals surface area contributed by atoms with Crippen molar-refractivity contribution in [2.24, 2.45) is 0 Å². The van der Waals surface area contributed by atoms with Crippen molar-refractivity contribution in [2.45, 2.75) is 19.5 Å². The molecule has 0 saturated heterocycles. The third-order valence-electron chi connectivity index (χ3n) is 4.16. The molecule has 2 heterocycles. The second-order valence-corrected chi connectivity index (χ2v) is 6.08. The molecule has 0 aliphatic heterocycles. The number of nitrogens with zero attached hydrogens (tertiary/aromatic N) is 4. The first-order valence-corrected chi connectivity index (χ1v) is 8.20. The summed E-state index contributed by atoms with van der Waals surface area (Å²) < 4.78 is 1.75. The van der Waals surface area contributed by atoms with Crippen molar-refractivity contribution in [3.8, 4) is 0 Å². The zero-order valence-electron chi connectivity index (χ0n) is 14.0. The fourth-order valence-electron chi connectivity index (χ4n) is 2.94. The van der Waals surface area contributed by atoms with E-state index in [4.69, 9.17) is 0 Å². The maximum atomic E-state index is 12.6. The summed E-state index contributed by atoms with van der Waals surface area (Å²) in [6, 6.07) is 14.3. The average molecular weight is 348 g/mol. The number of para-hydroxylation sites is 1. The van der Waals surface area contributed by atoms with Crippen LogP contribution in [-0.4, -0.2) is 37.1 Å². The summed E-state index contributed by atoms with van der Waals surface area (Å²) >= 11 is 0. The van der Waals surface area contributed by atoms with Crippen LogP contribution in [0, 0.1) is 0 Å². The van der Waals surface area contributed by atoms with Crippen molar-refractivity contribution >= 4 is 27.7 Å². The van der Waals surface area contributed by atoms with Crippen molar-refractivity contribution in [1.82, 2.24) is 30.5 Å².